The van der Waals surface area contributed by atoms with Crippen LogP contribution in [0.1, 0.15) is 47.2 Å². The second-order valence-electron chi connectivity index (χ2n) is 11.0. The van der Waals surface area contributed by atoms with Crippen molar-refractivity contribution in [3.63, 3.8) is 0 Å². The third-order valence-corrected chi connectivity index (χ3v) is 8.67. The summed E-state index contributed by atoms with van der Waals surface area (Å²) in [6.45, 7) is 4.77. The van der Waals surface area contributed by atoms with Gasteiger partial charge in [0.05, 0.1) is 0 Å². The van der Waals surface area contributed by atoms with Crippen LogP contribution in [0.25, 0.3) is 44.5 Å². The number of hydrogen-bond acceptors (Lipinski definition) is 0. The van der Waals surface area contributed by atoms with Gasteiger partial charge in [0.15, 0.2) is 0 Å². The zero-order valence-electron chi connectivity index (χ0n) is 20.2. The molecule has 0 heterocycles. The molecule has 3 aliphatic carbocycles. The van der Waals surface area contributed by atoms with Crippen molar-refractivity contribution in [2.75, 3.05) is 0 Å². The SMILES string of the molecule is CC1(C)c2cc(-c3ccccc3)ccc2-c2ccc(-c3cc4c5c(c3)Cc3cccc(c3-5)C4)cc21. The molecule has 5 aromatic rings. The molecule has 0 saturated carbocycles. The van der Waals surface area contributed by atoms with Gasteiger partial charge < -0.3 is 0 Å². The second kappa shape index (κ2) is 6.61. The van der Waals surface area contributed by atoms with Crippen LogP contribution in [-0.2, 0) is 18.3 Å². The van der Waals surface area contributed by atoms with Crippen LogP contribution in [0.4, 0.5) is 0 Å². The van der Waals surface area contributed by atoms with Crippen molar-refractivity contribution in [2.24, 2.45) is 0 Å². The van der Waals surface area contributed by atoms with Gasteiger partial charge in [0, 0.05) is 5.41 Å². The van der Waals surface area contributed by atoms with Crippen LogP contribution in [0.5, 0.6) is 0 Å². The Bertz CT molecular complexity index is 1650. The Morgan fingerprint density at radius 2 is 1.00 bits per heavy atom. The van der Waals surface area contributed by atoms with Crippen molar-refractivity contribution in [2.45, 2.75) is 32.1 Å². The Hall–Kier alpha value is -3.90. The van der Waals surface area contributed by atoms with Crippen LogP contribution in [-0.4, -0.2) is 0 Å². The van der Waals surface area contributed by atoms with E-state index in [4.69, 9.17) is 0 Å². The van der Waals surface area contributed by atoms with Gasteiger partial charge in [-0.05, 0) is 103 Å². The average Bonchev–Trinajstić information content (AvgIpc) is 3.53. The van der Waals surface area contributed by atoms with Crippen molar-refractivity contribution >= 4 is 0 Å². The summed E-state index contributed by atoms with van der Waals surface area (Å²) in [5.41, 5.74) is 20.0. The first-order valence-corrected chi connectivity index (χ1v) is 12.7. The van der Waals surface area contributed by atoms with E-state index in [0.29, 0.717) is 0 Å². The molecule has 0 unspecified atom stereocenters. The van der Waals surface area contributed by atoms with E-state index in [-0.39, 0.29) is 5.41 Å². The first kappa shape index (κ1) is 19.4. The highest BCUT2D eigenvalue weighted by atomic mass is 14.4. The van der Waals surface area contributed by atoms with Crippen LogP contribution in [0, 0.1) is 0 Å². The van der Waals surface area contributed by atoms with E-state index in [1.807, 2.05) is 0 Å². The molecule has 0 N–H and O–H groups in total. The minimum Gasteiger partial charge on any atom is -0.0622 e. The Morgan fingerprint density at radius 3 is 1.60 bits per heavy atom. The van der Waals surface area contributed by atoms with E-state index >= 15 is 0 Å². The molecular weight excluding hydrogens is 420 g/mol. The lowest BCUT2D eigenvalue weighted by molar-refractivity contribution is 0.661. The molecule has 8 rings (SSSR count). The topological polar surface area (TPSA) is 0 Å². The van der Waals surface area contributed by atoms with Gasteiger partial charge >= 0.3 is 0 Å². The molecule has 35 heavy (non-hydrogen) atoms. The highest BCUT2D eigenvalue weighted by Crippen LogP contribution is 2.52. The molecule has 0 aromatic heterocycles. The molecule has 0 amide bonds. The van der Waals surface area contributed by atoms with E-state index in [1.54, 1.807) is 0 Å². The summed E-state index contributed by atoms with van der Waals surface area (Å²) in [5, 5.41) is 0. The molecule has 0 spiro atoms. The molecule has 0 saturated heterocycles. The van der Waals surface area contributed by atoms with E-state index in [2.05, 4.69) is 111 Å². The number of benzene rings is 5. The van der Waals surface area contributed by atoms with Crippen molar-refractivity contribution in [3.8, 4) is 44.5 Å². The van der Waals surface area contributed by atoms with E-state index in [0.717, 1.165) is 12.8 Å². The molecule has 0 aliphatic heterocycles. The lowest BCUT2D eigenvalue weighted by atomic mass is 9.80. The summed E-state index contributed by atoms with van der Waals surface area (Å²) < 4.78 is 0. The lowest BCUT2D eigenvalue weighted by Gasteiger charge is -2.23. The molecule has 0 bridgehead atoms. The van der Waals surface area contributed by atoms with Crippen molar-refractivity contribution in [3.05, 3.63) is 130 Å². The summed E-state index contributed by atoms with van der Waals surface area (Å²) in [4.78, 5) is 0. The first-order valence-electron chi connectivity index (χ1n) is 12.7. The largest absolute Gasteiger partial charge is 0.0622 e. The van der Waals surface area contributed by atoms with Gasteiger partial charge in [0.25, 0.3) is 0 Å². The maximum atomic E-state index is 2.47. The Kier molecular flexibility index (Phi) is 3.67. The molecular formula is C35H26. The predicted molar refractivity (Wildman–Crippen MR) is 146 cm³/mol. The van der Waals surface area contributed by atoms with E-state index in [1.165, 1.54) is 77.9 Å². The molecule has 3 aliphatic rings. The third kappa shape index (κ3) is 2.57. The van der Waals surface area contributed by atoms with Crippen LogP contribution < -0.4 is 0 Å². The van der Waals surface area contributed by atoms with Crippen molar-refractivity contribution in [1.82, 2.24) is 0 Å². The Morgan fingerprint density at radius 1 is 0.457 bits per heavy atom. The number of hydrogen-bond donors (Lipinski definition) is 0. The zero-order chi connectivity index (χ0) is 23.3. The Labute approximate surface area is 206 Å². The van der Waals surface area contributed by atoms with Gasteiger partial charge in [-0.15, -0.1) is 0 Å². The van der Waals surface area contributed by atoms with Crippen molar-refractivity contribution in [1.29, 1.82) is 0 Å². The molecule has 0 nitrogen and oxygen atoms in total. The van der Waals surface area contributed by atoms with Crippen LogP contribution in [0.15, 0.2) is 97.1 Å². The average molecular weight is 447 g/mol. The summed E-state index contributed by atoms with van der Waals surface area (Å²) in [7, 11) is 0. The maximum absolute atomic E-state index is 2.47. The summed E-state index contributed by atoms with van der Waals surface area (Å²) in [6, 6.07) is 36.7. The quantitative estimate of drug-likeness (QED) is 0.249. The van der Waals surface area contributed by atoms with Crippen LogP contribution in [0.3, 0.4) is 0 Å². The monoisotopic (exact) mass is 446 g/mol. The standard InChI is InChI=1S/C35H26/c1-35(2)31-19-22(21-7-4-3-5-8-21)11-13-29(31)30-14-12-23(20-32(30)35)26-17-27-15-24-9-6-10-25-16-28(18-26)34(27)33(24)25/h3-14,17-20H,15-16H2,1-2H3. The summed E-state index contributed by atoms with van der Waals surface area (Å²) >= 11 is 0. The van der Waals surface area contributed by atoms with Gasteiger partial charge in [-0.1, -0.05) is 98.8 Å². The molecule has 0 fully saturated rings. The van der Waals surface area contributed by atoms with Gasteiger partial charge in [0.1, 0.15) is 0 Å². The highest BCUT2D eigenvalue weighted by molar-refractivity contribution is 5.90. The van der Waals surface area contributed by atoms with E-state index in [9.17, 15) is 0 Å². The van der Waals surface area contributed by atoms with Gasteiger partial charge in [-0.3, -0.25) is 0 Å². The van der Waals surface area contributed by atoms with Crippen LogP contribution in [0.2, 0.25) is 0 Å². The highest BCUT2D eigenvalue weighted by Gasteiger charge is 2.36. The zero-order valence-corrected chi connectivity index (χ0v) is 20.2. The minimum atomic E-state index is -0.0254. The van der Waals surface area contributed by atoms with Crippen LogP contribution >= 0.6 is 0 Å². The summed E-state index contributed by atoms with van der Waals surface area (Å²) in [5.74, 6) is 0. The van der Waals surface area contributed by atoms with Gasteiger partial charge in [0.2, 0.25) is 0 Å². The fourth-order valence-electron chi connectivity index (χ4n) is 6.94. The van der Waals surface area contributed by atoms with Crippen molar-refractivity contribution < 1.29 is 0 Å². The maximum Gasteiger partial charge on any atom is 0.0159 e. The fourth-order valence-corrected chi connectivity index (χ4v) is 6.94. The van der Waals surface area contributed by atoms with Gasteiger partial charge in [-0.25, -0.2) is 0 Å². The second-order valence-corrected chi connectivity index (χ2v) is 11.0. The number of rotatable bonds is 2. The minimum absolute atomic E-state index is 0.0254. The fraction of sp³-hybridized carbons (Fsp3) is 0.143. The first-order chi connectivity index (χ1) is 17.1. The lowest BCUT2D eigenvalue weighted by Crippen LogP contribution is -2.15. The third-order valence-electron chi connectivity index (χ3n) is 8.67. The smallest absolute Gasteiger partial charge is 0.0159 e. The summed E-state index contributed by atoms with van der Waals surface area (Å²) in [6.07, 6.45) is 2.15. The molecule has 0 heteroatoms. The van der Waals surface area contributed by atoms with E-state index < -0.39 is 0 Å². The van der Waals surface area contributed by atoms with Gasteiger partial charge in [-0.2, -0.15) is 0 Å². The predicted octanol–water partition coefficient (Wildman–Crippen LogP) is 8.80. The Balaban J connectivity index is 1.23. The molecule has 0 radical (unpaired) electrons. The molecule has 0 atom stereocenters. The normalized spacial score (nSPS) is 15.1. The number of fused-ring (bicyclic) bond motifs is 3. The molecule has 5 aromatic carbocycles. The molecule has 166 valence electrons.